The highest BCUT2D eigenvalue weighted by Crippen LogP contribution is 2.34. The van der Waals surface area contributed by atoms with E-state index in [2.05, 4.69) is 10.3 Å². The normalized spacial score (nSPS) is 14.6. The molecule has 1 saturated carbocycles. The Morgan fingerprint density at radius 1 is 1.00 bits per heavy atom. The lowest BCUT2D eigenvalue weighted by Crippen LogP contribution is -2.47. The second-order valence-electron chi connectivity index (χ2n) is 9.92. The molecule has 1 unspecified atom stereocenters. The summed E-state index contributed by atoms with van der Waals surface area (Å²) in [6.07, 6.45) is 7.12. The van der Waals surface area contributed by atoms with Gasteiger partial charge in [-0.3, -0.25) is 14.5 Å². The highest BCUT2D eigenvalue weighted by Gasteiger charge is 2.34. The van der Waals surface area contributed by atoms with Crippen LogP contribution in [0.2, 0.25) is 10.0 Å². The quantitative estimate of drug-likeness (QED) is 0.237. The van der Waals surface area contributed by atoms with Gasteiger partial charge >= 0.3 is 0 Å². The van der Waals surface area contributed by atoms with Crippen LogP contribution >= 0.6 is 23.2 Å². The topological polar surface area (TPSA) is 74.4 Å². The van der Waals surface area contributed by atoms with Crippen LogP contribution in [0, 0.1) is 0 Å². The molecular formula is C31H31Cl2N3O3. The first-order valence-electron chi connectivity index (χ1n) is 13.2. The van der Waals surface area contributed by atoms with Gasteiger partial charge in [0, 0.05) is 28.8 Å². The largest absolute Gasteiger partial charge is 0.497 e. The summed E-state index contributed by atoms with van der Waals surface area (Å²) < 4.78 is 5.35. The maximum atomic E-state index is 14.2. The van der Waals surface area contributed by atoms with E-state index in [1.54, 1.807) is 54.5 Å². The summed E-state index contributed by atoms with van der Waals surface area (Å²) >= 11 is 12.6. The number of benzene rings is 3. The molecule has 0 saturated heterocycles. The Morgan fingerprint density at radius 3 is 2.46 bits per heavy atom. The van der Waals surface area contributed by atoms with Crippen LogP contribution < -0.4 is 15.0 Å². The van der Waals surface area contributed by atoms with E-state index < -0.39 is 6.04 Å². The zero-order valence-corrected chi connectivity index (χ0v) is 23.3. The monoisotopic (exact) mass is 563 g/mol. The van der Waals surface area contributed by atoms with E-state index in [4.69, 9.17) is 27.9 Å². The number of carbonyl (C=O) groups is 2. The number of fused-ring (bicyclic) bond motifs is 1. The number of carbonyl (C=O) groups excluding carboxylic acids is 2. The second kappa shape index (κ2) is 12.1. The lowest BCUT2D eigenvalue weighted by Gasteiger charge is -2.33. The summed E-state index contributed by atoms with van der Waals surface area (Å²) in [5.41, 5.74) is 2.97. The van der Waals surface area contributed by atoms with Crippen molar-refractivity contribution in [2.75, 3.05) is 12.0 Å². The van der Waals surface area contributed by atoms with Crippen LogP contribution in [0.15, 0.2) is 72.9 Å². The fourth-order valence-corrected chi connectivity index (χ4v) is 5.64. The van der Waals surface area contributed by atoms with Crippen LogP contribution in [0.25, 0.3) is 10.9 Å². The number of rotatable bonds is 8. The average molecular weight is 565 g/mol. The van der Waals surface area contributed by atoms with Crippen LogP contribution in [0.3, 0.4) is 0 Å². The fraction of sp³-hybridized carbons (Fsp3) is 0.290. The molecule has 5 rings (SSSR count). The molecule has 1 fully saturated rings. The number of ether oxygens (including phenoxy) is 1. The van der Waals surface area contributed by atoms with Gasteiger partial charge in [0.25, 0.3) is 0 Å². The third-order valence-corrected chi connectivity index (χ3v) is 8.09. The number of nitrogens with zero attached hydrogens (tertiary/aromatic N) is 1. The van der Waals surface area contributed by atoms with Crippen molar-refractivity contribution < 1.29 is 14.3 Å². The Bertz CT molecular complexity index is 1460. The maximum Gasteiger partial charge on any atom is 0.248 e. The number of hydrogen-bond acceptors (Lipinski definition) is 3. The van der Waals surface area contributed by atoms with Crippen molar-refractivity contribution in [3.05, 3.63) is 94.1 Å². The molecule has 0 bridgehead atoms. The van der Waals surface area contributed by atoms with Crippen molar-refractivity contribution >= 4 is 51.6 Å². The van der Waals surface area contributed by atoms with Crippen molar-refractivity contribution in [3.63, 3.8) is 0 Å². The number of nitrogens with one attached hydrogen (secondary N) is 2. The van der Waals surface area contributed by atoms with E-state index in [-0.39, 0.29) is 24.3 Å². The molecule has 8 heteroatoms. The Kier molecular flexibility index (Phi) is 8.44. The van der Waals surface area contributed by atoms with Gasteiger partial charge in [-0.2, -0.15) is 0 Å². The van der Waals surface area contributed by atoms with E-state index in [0.717, 1.165) is 42.1 Å². The van der Waals surface area contributed by atoms with Crippen molar-refractivity contribution in [1.82, 2.24) is 10.3 Å². The Balaban J connectivity index is 1.58. The summed E-state index contributed by atoms with van der Waals surface area (Å²) in [5.74, 6) is 0.184. The molecule has 0 radical (unpaired) electrons. The van der Waals surface area contributed by atoms with Crippen LogP contribution in [0.1, 0.15) is 49.3 Å². The van der Waals surface area contributed by atoms with Crippen molar-refractivity contribution in [3.8, 4) is 5.75 Å². The molecule has 1 aliphatic carbocycles. The van der Waals surface area contributed by atoms with Gasteiger partial charge < -0.3 is 15.0 Å². The predicted molar refractivity (Wildman–Crippen MR) is 157 cm³/mol. The molecule has 0 spiro atoms. The lowest BCUT2D eigenvalue weighted by molar-refractivity contribution is -0.127. The Morgan fingerprint density at radius 2 is 1.74 bits per heavy atom. The van der Waals surface area contributed by atoms with Crippen LogP contribution in [-0.2, 0) is 16.0 Å². The van der Waals surface area contributed by atoms with E-state index in [9.17, 15) is 9.59 Å². The molecule has 1 aliphatic rings. The molecule has 202 valence electrons. The van der Waals surface area contributed by atoms with Gasteiger partial charge in [-0.25, -0.2) is 0 Å². The number of aromatic nitrogens is 1. The van der Waals surface area contributed by atoms with E-state index in [1.807, 2.05) is 30.5 Å². The molecule has 2 amide bonds. The minimum absolute atomic E-state index is 0.0676. The van der Waals surface area contributed by atoms with Gasteiger partial charge in [0.15, 0.2) is 0 Å². The number of aromatic amines is 1. The molecule has 1 heterocycles. The maximum absolute atomic E-state index is 14.2. The number of methoxy groups -OCH3 is 1. The number of hydrogen-bond donors (Lipinski definition) is 2. The standard InChI is InChI=1S/C31H31Cl2N3O3/c1-39-24-14-12-23(13-15-24)36(29(37)18-21-19-34-28-10-6-5-9-25(21)28)30(20-11-16-26(32)27(33)17-20)31(38)35-22-7-3-2-4-8-22/h5-6,9-17,19,22,30,34H,2-4,7-8,18H2,1H3,(H,35,38). The zero-order valence-electron chi connectivity index (χ0n) is 21.8. The summed E-state index contributed by atoms with van der Waals surface area (Å²) in [7, 11) is 1.59. The Hall–Kier alpha value is -3.48. The molecule has 39 heavy (non-hydrogen) atoms. The minimum atomic E-state index is -0.951. The number of para-hydroxylation sites is 1. The summed E-state index contributed by atoms with van der Waals surface area (Å²) in [4.78, 5) is 33.1. The third-order valence-electron chi connectivity index (χ3n) is 7.35. The van der Waals surface area contributed by atoms with Gasteiger partial charge in [-0.1, -0.05) is 66.7 Å². The number of H-pyrrole nitrogens is 1. The summed E-state index contributed by atoms with van der Waals surface area (Å²) in [6.45, 7) is 0. The first-order chi connectivity index (χ1) is 18.9. The van der Waals surface area contributed by atoms with Gasteiger partial charge in [0.2, 0.25) is 11.8 Å². The lowest BCUT2D eigenvalue weighted by atomic mass is 9.94. The SMILES string of the molecule is COc1ccc(N(C(=O)Cc2c[nH]c3ccccc23)C(C(=O)NC2CCCCC2)c2ccc(Cl)c(Cl)c2)cc1. The molecule has 2 N–H and O–H groups in total. The highest BCUT2D eigenvalue weighted by atomic mass is 35.5. The molecular weight excluding hydrogens is 533 g/mol. The van der Waals surface area contributed by atoms with E-state index in [0.29, 0.717) is 27.0 Å². The molecule has 1 atom stereocenters. The van der Waals surface area contributed by atoms with Crippen molar-refractivity contribution in [2.24, 2.45) is 0 Å². The number of halogens is 2. The van der Waals surface area contributed by atoms with Crippen LogP contribution in [-0.4, -0.2) is 29.9 Å². The number of anilines is 1. The molecule has 4 aromatic rings. The zero-order chi connectivity index (χ0) is 27.4. The molecule has 1 aromatic heterocycles. The molecule has 6 nitrogen and oxygen atoms in total. The van der Waals surface area contributed by atoms with Gasteiger partial charge in [0.1, 0.15) is 11.8 Å². The number of amides is 2. The van der Waals surface area contributed by atoms with Gasteiger partial charge in [0.05, 0.1) is 23.6 Å². The second-order valence-corrected chi connectivity index (χ2v) is 10.7. The molecule has 3 aromatic carbocycles. The third kappa shape index (κ3) is 6.07. The highest BCUT2D eigenvalue weighted by molar-refractivity contribution is 6.42. The summed E-state index contributed by atoms with van der Waals surface area (Å²) in [5, 5.41) is 4.90. The first kappa shape index (κ1) is 27.1. The smallest absolute Gasteiger partial charge is 0.248 e. The van der Waals surface area contributed by atoms with Crippen LogP contribution in [0.4, 0.5) is 5.69 Å². The Labute approximate surface area is 238 Å². The van der Waals surface area contributed by atoms with E-state index >= 15 is 0 Å². The molecule has 0 aliphatic heterocycles. The average Bonchev–Trinajstić information content (AvgIpc) is 3.36. The van der Waals surface area contributed by atoms with Crippen molar-refractivity contribution in [1.29, 1.82) is 0 Å². The van der Waals surface area contributed by atoms with E-state index in [1.165, 1.54) is 6.42 Å². The van der Waals surface area contributed by atoms with Crippen molar-refractivity contribution in [2.45, 2.75) is 50.6 Å². The van der Waals surface area contributed by atoms with Crippen LogP contribution in [0.5, 0.6) is 5.75 Å². The minimum Gasteiger partial charge on any atom is -0.497 e. The summed E-state index contributed by atoms with van der Waals surface area (Å²) in [6, 6.07) is 19.2. The first-order valence-corrected chi connectivity index (χ1v) is 14.0. The fourth-order valence-electron chi connectivity index (χ4n) is 5.33. The van der Waals surface area contributed by atoms with Gasteiger partial charge in [-0.15, -0.1) is 0 Å². The van der Waals surface area contributed by atoms with Gasteiger partial charge in [-0.05, 0) is 66.4 Å². The predicted octanol–water partition coefficient (Wildman–Crippen LogP) is 7.25.